The quantitative estimate of drug-likeness (QED) is 0.835. The first-order chi connectivity index (χ1) is 12.0. The van der Waals surface area contributed by atoms with E-state index in [0.29, 0.717) is 25.1 Å². The second-order valence-electron chi connectivity index (χ2n) is 5.73. The summed E-state index contributed by atoms with van der Waals surface area (Å²) in [5.74, 6) is -0.428. The molecule has 1 aromatic heterocycles. The van der Waals surface area contributed by atoms with Crippen molar-refractivity contribution in [3.05, 3.63) is 48.5 Å². The van der Waals surface area contributed by atoms with Gasteiger partial charge in [0.05, 0.1) is 17.2 Å². The Morgan fingerprint density at radius 1 is 1.24 bits per heavy atom. The SMILES string of the molecule is O=C(Nc1ccc(S(=O)(=O)N2CCC[C@H](O)C2)cc1)c1cnccn1. The number of aliphatic hydroxyl groups excluding tert-OH is 1. The van der Waals surface area contributed by atoms with Gasteiger partial charge in [0, 0.05) is 31.2 Å². The summed E-state index contributed by atoms with van der Waals surface area (Å²) in [6.07, 6.45) is 4.84. The molecule has 0 saturated carbocycles. The standard InChI is InChI=1S/C16H18N4O4S/c21-13-2-1-9-20(11-13)25(23,24)14-5-3-12(4-6-14)19-16(22)15-10-17-7-8-18-15/h3-8,10,13,21H,1-2,9,11H2,(H,19,22)/t13-/m0/s1. The number of nitrogens with one attached hydrogen (secondary N) is 1. The predicted molar refractivity (Wildman–Crippen MR) is 90.4 cm³/mol. The average Bonchev–Trinajstić information content (AvgIpc) is 2.63. The molecule has 1 atom stereocenters. The van der Waals surface area contributed by atoms with Crippen molar-refractivity contribution < 1.29 is 18.3 Å². The molecule has 2 N–H and O–H groups in total. The molecular weight excluding hydrogens is 344 g/mol. The summed E-state index contributed by atoms with van der Waals surface area (Å²) < 4.78 is 26.5. The molecule has 1 amide bonds. The Morgan fingerprint density at radius 3 is 2.64 bits per heavy atom. The number of hydrogen-bond donors (Lipinski definition) is 2. The molecule has 3 rings (SSSR count). The van der Waals surface area contributed by atoms with Crippen molar-refractivity contribution in [3.63, 3.8) is 0 Å². The average molecular weight is 362 g/mol. The Kier molecular flexibility index (Phi) is 5.07. The zero-order valence-electron chi connectivity index (χ0n) is 13.4. The maximum atomic E-state index is 12.6. The Bertz CT molecular complexity index is 840. The van der Waals surface area contributed by atoms with Gasteiger partial charge in [-0.15, -0.1) is 0 Å². The van der Waals surface area contributed by atoms with Gasteiger partial charge in [-0.3, -0.25) is 9.78 Å². The molecule has 0 unspecified atom stereocenters. The number of carbonyl (C=O) groups is 1. The van der Waals surface area contributed by atoms with Crippen LogP contribution in [0.5, 0.6) is 0 Å². The number of sulfonamides is 1. The van der Waals surface area contributed by atoms with Crippen LogP contribution in [0.2, 0.25) is 0 Å². The molecule has 0 bridgehead atoms. The summed E-state index contributed by atoms with van der Waals surface area (Å²) in [5.41, 5.74) is 0.620. The maximum absolute atomic E-state index is 12.6. The van der Waals surface area contributed by atoms with E-state index < -0.39 is 22.0 Å². The Morgan fingerprint density at radius 2 is 2.00 bits per heavy atom. The highest BCUT2D eigenvalue weighted by atomic mass is 32.2. The summed E-state index contributed by atoms with van der Waals surface area (Å²) in [6, 6.07) is 5.90. The molecule has 1 aliphatic rings. The first-order valence-electron chi connectivity index (χ1n) is 7.82. The van der Waals surface area contributed by atoms with Crippen molar-refractivity contribution in [2.75, 3.05) is 18.4 Å². The number of aliphatic hydroxyl groups is 1. The monoisotopic (exact) mass is 362 g/mol. The molecule has 0 aliphatic carbocycles. The highest BCUT2D eigenvalue weighted by molar-refractivity contribution is 7.89. The van der Waals surface area contributed by atoms with Gasteiger partial charge < -0.3 is 10.4 Å². The molecule has 2 heterocycles. The lowest BCUT2D eigenvalue weighted by molar-refractivity contribution is 0.102. The lowest BCUT2D eigenvalue weighted by Crippen LogP contribution is -2.42. The van der Waals surface area contributed by atoms with Gasteiger partial charge in [-0.05, 0) is 37.1 Å². The number of amides is 1. The van der Waals surface area contributed by atoms with E-state index in [0.717, 1.165) is 0 Å². The van der Waals surface area contributed by atoms with E-state index in [9.17, 15) is 18.3 Å². The van der Waals surface area contributed by atoms with Gasteiger partial charge in [0.1, 0.15) is 5.69 Å². The number of hydrogen-bond acceptors (Lipinski definition) is 6. The number of benzene rings is 1. The largest absolute Gasteiger partial charge is 0.392 e. The molecule has 1 fully saturated rings. The van der Waals surface area contributed by atoms with Crippen LogP contribution in [-0.4, -0.2) is 52.9 Å². The minimum absolute atomic E-state index is 0.105. The van der Waals surface area contributed by atoms with E-state index in [1.165, 1.54) is 47.2 Å². The number of rotatable bonds is 4. The highest BCUT2D eigenvalue weighted by Gasteiger charge is 2.29. The highest BCUT2D eigenvalue weighted by Crippen LogP contribution is 2.22. The van der Waals surface area contributed by atoms with Crippen LogP contribution in [0.15, 0.2) is 47.8 Å². The maximum Gasteiger partial charge on any atom is 0.275 e. The molecule has 8 nitrogen and oxygen atoms in total. The van der Waals surface area contributed by atoms with Crippen LogP contribution in [0.25, 0.3) is 0 Å². The van der Waals surface area contributed by atoms with Gasteiger partial charge in [0.15, 0.2) is 0 Å². The van der Waals surface area contributed by atoms with Crippen molar-refractivity contribution >= 4 is 21.6 Å². The molecule has 0 radical (unpaired) electrons. The lowest BCUT2D eigenvalue weighted by Gasteiger charge is -2.29. The third-order valence-electron chi connectivity index (χ3n) is 3.91. The third kappa shape index (κ3) is 4.01. The Balaban J connectivity index is 1.72. The number of nitrogens with zero attached hydrogens (tertiary/aromatic N) is 3. The number of β-amino-alcohol motifs (C(OH)–C–C–N with tert-alkyl or cyclic N) is 1. The normalized spacial score (nSPS) is 18.7. The molecule has 1 aromatic carbocycles. The van der Waals surface area contributed by atoms with E-state index in [-0.39, 0.29) is 17.1 Å². The summed E-state index contributed by atoms with van der Waals surface area (Å²) in [7, 11) is -3.65. The minimum atomic E-state index is -3.65. The molecule has 1 saturated heterocycles. The first-order valence-corrected chi connectivity index (χ1v) is 9.26. The van der Waals surface area contributed by atoms with Crippen LogP contribution in [0, 0.1) is 0 Å². The summed E-state index contributed by atoms with van der Waals surface area (Å²) in [4.78, 5) is 19.9. The number of anilines is 1. The molecular formula is C16H18N4O4S. The van der Waals surface area contributed by atoms with E-state index in [1.54, 1.807) is 0 Å². The number of carbonyl (C=O) groups excluding carboxylic acids is 1. The minimum Gasteiger partial charge on any atom is -0.392 e. The van der Waals surface area contributed by atoms with Crippen LogP contribution < -0.4 is 5.32 Å². The van der Waals surface area contributed by atoms with Crippen LogP contribution in [0.4, 0.5) is 5.69 Å². The zero-order chi connectivity index (χ0) is 17.9. The topological polar surface area (TPSA) is 112 Å². The van der Waals surface area contributed by atoms with Gasteiger partial charge in [0.25, 0.3) is 5.91 Å². The molecule has 25 heavy (non-hydrogen) atoms. The fourth-order valence-electron chi connectivity index (χ4n) is 2.61. The van der Waals surface area contributed by atoms with Crippen LogP contribution in [-0.2, 0) is 10.0 Å². The lowest BCUT2D eigenvalue weighted by atomic mass is 10.1. The number of piperidine rings is 1. The first kappa shape index (κ1) is 17.5. The fraction of sp³-hybridized carbons (Fsp3) is 0.312. The van der Waals surface area contributed by atoms with Crippen LogP contribution in [0.1, 0.15) is 23.3 Å². The fourth-order valence-corrected chi connectivity index (χ4v) is 4.13. The smallest absolute Gasteiger partial charge is 0.275 e. The van der Waals surface area contributed by atoms with Gasteiger partial charge >= 0.3 is 0 Å². The Hall–Kier alpha value is -2.36. The van der Waals surface area contributed by atoms with Gasteiger partial charge in [-0.2, -0.15) is 4.31 Å². The zero-order valence-corrected chi connectivity index (χ0v) is 14.2. The number of aromatic nitrogens is 2. The van der Waals surface area contributed by atoms with Crippen molar-refractivity contribution in [1.29, 1.82) is 0 Å². The van der Waals surface area contributed by atoms with Crippen molar-refractivity contribution in [2.24, 2.45) is 0 Å². The third-order valence-corrected chi connectivity index (χ3v) is 5.78. The summed E-state index contributed by atoms with van der Waals surface area (Å²) in [5, 5.41) is 12.3. The van der Waals surface area contributed by atoms with Crippen LogP contribution in [0.3, 0.4) is 0 Å². The molecule has 132 valence electrons. The van der Waals surface area contributed by atoms with E-state index in [2.05, 4.69) is 15.3 Å². The van der Waals surface area contributed by atoms with Gasteiger partial charge in [-0.25, -0.2) is 13.4 Å². The second kappa shape index (κ2) is 7.26. The second-order valence-corrected chi connectivity index (χ2v) is 7.67. The van der Waals surface area contributed by atoms with Crippen LogP contribution >= 0.6 is 0 Å². The van der Waals surface area contributed by atoms with Crippen molar-refractivity contribution in [2.45, 2.75) is 23.8 Å². The predicted octanol–water partition coefficient (Wildman–Crippen LogP) is 0.874. The van der Waals surface area contributed by atoms with E-state index in [1.807, 2.05) is 0 Å². The van der Waals surface area contributed by atoms with Gasteiger partial charge in [0.2, 0.25) is 10.0 Å². The Labute approximate surface area is 145 Å². The van der Waals surface area contributed by atoms with E-state index >= 15 is 0 Å². The molecule has 9 heteroatoms. The van der Waals surface area contributed by atoms with Crippen molar-refractivity contribution in [3.8, 4) is 0 Å². The van der Waals surface area contributed by atoms with Crippen molar-refractivity contribution in [1.82, 2.24) is 14.3 Å². The molecule has 0 spiro atoms. The van der Waals surface area contributed by atoms with E-state index in [4.69, 9.17) is 0 Å². The summed E-state index contributed by atoms with van der Waals surface area (Å²) in [6.45, 7) is 0.498. The van der Waals surface area contributed by atoms with Gasteiger partial charge in [-0.1, -0.05) is 0 Å². The summed E-state index contributed by atoms with van der Waals surface area (Å²) >= 11 is 0. The molecule has 1 aliphatic heterocycles. The molecule has 2 aromatic rings.